The van der Waals surface area contributed by atoms with Gasteiger partial charge in [-0.3, -0.25) is 4.79 Å². The van der Waals surface area contributed by atoms with Crippen LogP contribution in [-0.2, 0) is 14.3 Å². The Morgan fingerprint density at radius 2 is 2.17 bits per heavy atom. The highest BCUT2D eigenvalue weighted by Crippen LogP contribution is 2.25. The minimum absolute atomic E-state index is 0.190. The van der Waals surface area contributed by atoms with Crippen LogP contribution in [0.2, 0.25) is 0 Å². The molecule has 0 N–H and O–H groups in total. The molecule has 0 aromatic rings. The first-order valence-corrected chi connectivity index (χ1v) is 7.39. The van der Waals surface area contributed by atoms with E-state index in [1.807, 2.05) is 6.08 Å². The first-order chi connectivity index (χ1) is 8.66. The molecule has 0 aromatic carbocycles. The fraction of sp³-hybridized carbons (Fsp3) is 0.308. The van der Waals surface area contributed by atoms with Crippen LogP contribution in [0.25, 0.3) is 0 Å². The van der Waals surface area contributed by atoms with Gasteiger partial charge in [-0.1, -0.05) is 55.7 Å². The van der Waals surface area contributed by atoms with Crippen molar-refractivity contribution in [3.8, 4) is 0 Å². The predicted octanol–water partition coefficient (Wildman–Crippen LogP) is 4.07. The number of Topliss-reactive ketones (excluding diaryl/α,β-unsaturated/α-hetero) is 1. The zero-order chi connectivity index (χ0) is 13.0. The van der Waals surface area contributed by atoms with Gasteiger partial charge < -0.3 is 9.47 Å². The molecule has 0 aromatic heterocycles. The van der Waals surface area contributed by atoms with Gasteiger partial charge in [0.05, 0.1) is 0 Å². The SMILES string of the molecule is O=C(C1=COC(CC2=CC=CCC2)=CO1)C(Br)Br. The lowest BCUT2D eigenvalue weighted by Gasteiger charge is -2.16. The Kier molecular flexibility index (Phi) is 4.83. The molecule has 0 bridgehead atoms. The van der Waals surface area contributed by atoms with Crippen LogP contribution in [0.3, 0.4) is 0 Å². The Bertz CT molecular complexity index is 459. The summed E-state index contributed by atoms with van der Waals surface area (Å²) in [6.45, 7) is 0. The van der Waals surface area contributed by atoms with Gasteiger partial charge in [0.15, 0.2) is 0 Å². The van der Waals surface area contributed by atoms with Crippen molar-refractivity contribution in [2.24, 2.45) is 0 Å². The van der Waals surface area contributed by atoms with E-state index in [2.05, 4.69) is 44.0 Å². The molecule has 0 saturated carbocycles. The molecule has 1 heterocycles. The van der Waals surface area contributed by atoms with E-state index in [9.17, 15) is 4.79 Å². The van der Waals surface area contributed by atoms with Gasteiger partial charge in [0.2, 0.25) is 11.5 Å². The third kappa shape index (κ3) is 3.59. The Morgan fingerprint density at radius 3 is 2.72 bits per heavy atom. The lowest BCUT2D eigenvalue weighted by atomic mass is 10.0. The lowest BCUT2D eigenvalue weighted by molar-refractivity contribution is -0.116. The maximum absolute atomic E-state index is 11.6. The van der Waals surface area contributed by atoms with Gasteiger partial charge in [-0.2, -0.15) is 0 Å². The van der Waals surface area contributed by atoms with E-state index in [1.54, 1.807) is 0 Å². The number of allylic oxidation sites excluding steroid dienone is 5. The molecular weight excluding hydrogens is 364 g/mol. The van der Waals surface area contributed by atoms with Crippen LogP contribution in [0.5, 0.6) is 0 Å². The highest BCUT2D eigenvalue weighted by atomic mass is 79.9. The van der Waals surface area contributed by atoms with Crippen molar-refractivity contribution in [1.82, 2.24) is 0 Å². The van der Waals surface area contributed by atoms with E-state index in [0.29, 0.717) is 12.2 Å². The van der Waals surface area contributed by atoms with Crippen molar-refractivity contribution >= 4 is 37.6 Å². The number of ketones is 1. The minimum Gasteiger partial charge on any atom is -0.462 e. The third-order valence-corrected chi connectivity index (χ3v) is 3.41. The van der Waals surface area contributed by atoms with Gasteiger partial charge in [-0.25, -0.2) is 0 Å². The summed E-state index contributed by atoms with van der Waals surface area (Å²) >= 11 is 6.25. The average Bonchev–Trinajstić information content (AvgIpc) is 2.40. The van der Waals surface area contributed by atoms with Crippen LogP contribution >= 0.6 is 31.9 Å². The van der Waals surface area contributed by atoms with Crippen molar-refractivity contribution < 1.29 is 14.3 Å². The summed E-state index contributed by atoms with van der Waals surface area (Å²) in [6, 6.07) is 0. The molecule has 0 saturated heterocycles. The highest BCUT2D eigenvalue weighted by Gasteiger charge is 2.21. The van der Waals surface area contributed by atoms with Crippen molar-refractivity contribution in [3.63, 3.8) is 0 Å². The molecule has 1 aliphatic heterocycles. The molecule has 0 spiro atoms. The second kappa shape index (κ2) is 6.38. The van der Waals surface area contributed by atoms with E-state index in [0.717, 1.165) is 12.8 Å². The van der Waals surface area contributed by atoms with Gasteiger partial charge in [-0.05, 0) is 12.8 Å². The molecule has 0 unspecified atom stereocenters. The Hall–Kier alpha value is -0.810. The summed E-state index contributed by atoms with van der Waals surface area (Å²) in [4.78, 5) is 11.6. The van der Waals surface area contributed by atoms with Crippen molar-refractivity contribution in [3.05, 3.63) is 47.8 Å². The number of rotatable bonds is 4. The topological polar surface area (TPSA) is 35.5 Å². The fourth-order valence-corrected chi connectivity index (χ4v) is 2.10. The van der Waals surface area contributed by atoms with Crippen LogP contribution in [0.4, 0.5) is 0 Å². The molecule has 0 amide bonds. The van der Waals surface area contributed by atoms with Gasteiger partial charge in [0, 0.05) is 6.42 Å². The molecule has 96 valence electrons. The summed E-state index contributed by atoms with van der Waals surface area (Å²) in [5.41, 5.74) is 1.30. The molecule has 0 fully saturated rings. The van der Waals surface area contributed by atoms with E-state index < -0.39 is 3.74 Å². The van der Waals surface area contributed by atoms with Crippen LogP contribution in [0.1, 0.15) is 19.3 Å². The summed E-state index contributed by atoms with van der Waals surface area (Å²) in [5, 5.41) is 0. The lowest BCUT2D eigenvalue weighted by Crippen LogP contribution is -2.14. The molecule has 3 nitrogen and oxygen atoms in total. The first kappa shape index (κ1) is 13.6. The summed E-state index contributed by atoms with van der Waals surface area (Å²) in [6.07, 6.45) is 11.9. The van der Waals surface area contributed by atoms with E-state index in [4.69, 9.17) is 9.47 Å². The van der Waals surface area contributed by atoms with Crippen LogP contribution in [0.15, 0.2) is 47.8 Å². The first-order valence-electron chi connectivity index (χ1n) is 5.56. The Balaban J connectivity index is 1.91. The maximum atomic E-state index is 11.6. The van der Waals surface area contributed by atoms with Crippen LogP contribution < -0.4 is 0 Å². The van der Waals surface area contributed by atoms with E-state index in [1.165, 1.54) is 18.1 Å². The number of hydrogen-bond acceptors (Lipinski definition) is 3. The van der Waals surface area contributed by atoms with Gasteiger partial charge in [-0.15, -0.1) is 0 Å². The van der Waals surface area contributed by atoms with Gasteiger partial charge in [0.25, 0.3) is 0 Å². The van der Waals surface area contributed by atoms with Crippen molar-refractivity contribution in [2.75, 3.05) is 0 Å². The van der Waals surface area contributed by atoms with Crippen LogP contribution in [-0.4, -0.2) is 9.52 Å². The zero-order valence-corrected chi connectivity index (χ0v) is 12.7. The molecule has 5 heteroatoms. The number of ether oxygens (including phenoxy) is 2. The Labute approximate surface area is 122 Å². The molecule has 0 radical (unpaired) electrons. The number of carbonyl (C=O) groups is 1. The number of carbonyl (C=O) groups excluding carboxylic acids is 1. The van der Waals surface area contributed by atoms with Gasteiger partial charge >= 0.3 is 0 Å². The number of hydrogen-bond donors (Lipinski definition) is 0. The quantitative estimate of drug-likeness (QED) is 0.695. The smallest absolute Gasteiger partial charge is 0.225 e. The van der Waals surface area contributed by atoms with Gasteiger partial charge in [0.1, 0.15) is 22.0 Å². The van der Waals surface area contributed by atoms with Crippen LogP contribution in [0, 0.1) is 0 Å². The molecule has 2 aliphatic rings. The number of halogens is 2. The number of alkyl halides is 2. The molecule has 1 aliphatic carbocycles. The average molecular weight is 376 g/mol. The highest BCUT2D eigenvalue weighted by molar-refractivity contribution is 9.25. The third-order valence-electron chi connectivity index (χ3n) is 2.58. The Morgan fingerprint density at radius 1 is 1.33 bits per heavy atom. The molecule has 18 heavy (non-hydrogen) atoms. The minimum atomic E-state index is -0.457. The maximum Gasteiger partial charge on any atom is 0.225 e. The van der Waals surface area contributed by atoms with Crippen molar-refractivity contribution in [2.45, 2.75) is 23.0 Å². The fourth-order valence-electron chi connectivity index (χ4n) is 1.64. The van der Waals surface area contributed by atoms with E-state index in [-0.39, 0.29) is 11.5 Å². The summed E-state index contributed by atoms with van der Waals surface area (Å²) < 4.78 is 10.2. The normalized spacial score (nSPS) is 18.5. The molecular formula is C13H12Br2O3. The summed E-state index contributed by atoms with van der Waals surface area (Å²) in [7, 11) is 0. The second-order valence-electron chi connectivity index (χ2n) is 3.94. The van der Waals surface area contributed by atoms with E-state index >= 15 is 0 Å². The standard InChI is InChI=1S/C13H12Br2O3/c14-13(15)12(16)11-8-17-10(7-18-11)6-9-4-2-1-3-5-9/h1-2,4,7-8,13H,3,5-6H2. The zero-order valence-electron chi connectivity index (χ0n) is 9.57. The monoisotopic (exact) mass is 374 g/mol. The second-order valence-corrected chi connectivity index (χ2v) is 7.00. The molecule has 0 atom stereocenters. The largest absolute Gasteiger partial charge is 0.462 e. The predicted molar refractivity (Wildman–Crippen MR) is 76.1 cm³/mol. The summed E-state index contributed by atoms with van der Waals surface area (Å²) in [5.74, 6) is 0.703. The van der Waals surface area contributed by atoms with Crippen molar-refractivity contribution in [1.29, 1.82) is 0 Å². The molecule has 2 rings (SSSR count).